The summed E-state index contributed by atoms with van der Waals surface area (Å²) in [5, 5.41) is 25.7. The summed E-state index contributed by atoms with van der Waals surface area (Å²) in [5.74, 6) is -0.583. The highest BCUT2D eigenvalue weighted by Gasteiger charge is 2.51. The number of aliphatic hydroxyl groups excluding tert-OH is 1. The molecule has 5 aromatic carbocycles. The van der Waals surface area contributed by atoms with E-state index in [1.165, 1.54) is 11.0 Å². The minimum absolute atomic E-state index is 0.00909. The second-order valence-corrected chi connectivity index (χ2v) is 21.7. The van der Waals surface area contributed by atoms with Gasteiger partial charge in [-0.05, 0) is 140 Å². The first-order valence-electron chi connectivity index (χ1n) is 25.0. The summed E-state index contributed by atoms with van der Waals surface area (Å²) in [6.45, 7) is 11.8. The number of β-amino-alcohol motifs (C(OH)–C–C–N with tert-alkyl or cyclic N) is 1. The van der Waals surface area contributed by atoms with E-state index in [-0.39, 0.29) is 36.2 Å². The molecule has 3 N–H and O–H groups in total. The quantitative estimate of drug-likeness (QED) is 0.0585. The number of thiocarbonyl (C=S) groups is 1. The molecule has 2 aliphatic heterocycles. The fourth-order valence-corrected chi connectivity index (χ4v) is 10.6. The van der Waals surface area contributed by atoms with Crippen LogP contribution in [-0.4, -0.2) is 87.2 Å². The lowest BCUT2D eigenvalue weighted by molar-refractivity contribution is -0.142. The molecule has 4 amide bonds. The van der Waals surface area contributed by atoms with Gasteiger partial charge in [0.2, 0.25) is 11.8 Å². The average Bonchev–Trinajstić information content (AvgIpc) is 4.25. The Balaban J connectivity index is 0.777. The number of nitrogens with zero attached hydrogens (tertiary/aromatic N) is 5. The predicted octanol–water partition coefficient (Wildman–Crippen LogP) is 10.3. The molecular formula is C58H58F3N7O7S2. The second kappa shape index (κ2) is 22.9. The van der Waals surface area contributed by atoms with Gasteiger partial charge in [-0.15, -0.1) is 11.3 Å². The van der Waals surface area contributed by atoms with E-state index in [0.29, 0.717) is 48.8 Å². The van der Waals surface area contributed by atoms with Gasteiger partial charge in [0.05, 0.1) is 58.3 Å². The standard InChI is InChI=1S/C58H58F3N7O7S2/c1-35-49(77-34-64-35)39-11-9-36(10-12-39)32-63-52(71)48-30-44(69)33-66(48)53(72)50(56(2,3)4)65-51(70)40-18-25-46(26-19-40)75-28-8-7-27-74-45-23-16-38(17-24-45)37-13-20-42(21-14-37)68-55(76)67(54(73)57(68,5)6)43-22-15-41(31-62)47(29-43)58(59,60)61/h9-26,29,34,44,48,50,69H,7-8,27-28,30,32-33H2,1-6H3,(H,63,71)(H,65,70)/t44-,48+,50-/m1/s1. The fourth-order valence-electron chi connectivity index (χ4n) is 9.29. The minimum atomic E-state index is -4.80. The SMILES string of the molecule is Cc1ncsc1-c1ccc(CNC(=O)[C@@H]2C[C@@H](O)CN2C(=O)[C@@H](NC(=O)c2ccc(OCCCCOc3ccc(-c4ccc(N5C(=S)N(c6ccc(C#N)c(C(F)(F)F)c6)C(=O)C5(C)C)cc4)cc3)cc2)C(C)(C)C)cc1. The number of rotatable bonds is 17. The van der Waals surface area contributed by atoms with Crippen LogP contribution in [0, 0.1) is 23.7 Å². The predicted molar refractivity (Wildman–Crippen MR) is 292 cm³/mol. The Labute approximate surface area is 454 Å². The van der Waals surface area contributed by atoms with Crippen LogP contribution in [0.3, 0.4) is 0 Å². The van der Waals surface area contributed by atoms with E-state index in [4.69, 9.17) is 21.7 Å². The minimum Gasteiger partial charge on any atom is -0.494 e. The molecule has 1 aromatic heterocycles. The van der Waals surface area contributed by atoms with Crippen LogP contribution in [0.15, 0.2) is 121 Å². The third-order valence-corrected chi connectivity index (χ3v) is 14.9. The van der Waals surface area contributed by atoms with Gasteiger partial charge in [0.15, 0.2) is 5.11 Å². The largest absolute Gasteiger partial charge is 0.494 e. The molecule has 3 heterocycles. The molecule has 0 radical (unpaired) electrons. The van der Waals surface area contributed by atoms with E-state index < -0.39 is 64.2 Å². The zero-order valence-corrected chi connectivity index (χ0v) is 44.9. The van der Waals surface area contributed by atoms with Gasteiger partial charge >= 0.3 is 6.18 Å². The van der Waals surface area contributed by atoms with Gasteiger partial charge in [0.25, 0.3) is 11.8 Å². The van der Waals surface area contributed by atoms with Crippen molar-refractivity contribution in [1.29, 1.82) is 5.26 Å². The van der Waals surface area contributed by atoms with Crippen molar-refractivity contribution in [1.82, 2.24) is 20.5 Å². The summed E-state index contributed by atoms with van der Waals surface area (Å²) >= 11 is 7.24. The molecule has 2 aliphatic rings. The number of carbonyl (C=O) groups is 4. The molecule has 77 heavy (non-hydrogen) atoms. The van der Waals surface area contributed by atoms with Crippen LogP contribution in [0.5, 0.6) is 11.5 Å². The summed E-state index contributed by atoms with van der Waals surface area (Å²) in [6, 6.07) is 32.1. The molecule has 0 bridgehead atoms. The monoisotopic (exact) mass is 1090 g/mol. The van der Waals surface area contributed by atoms with Crippen molar-refractivity contribution in [2.24, 2.45) is 5.41 Å². The summed E-state index contributed by atoms with van der Waals surface area (Å²) in [5.41, 5.74) is 3.60. The average molecular weight is 1090 g/mol. The van der Waals surface area contributed by atoms with E-state index >= 15 is 0 Å². The molecule has 6 aromatic rings. The van der Waals surface area contributed by atoms with Crippen molar-refractivity contribution in [3.05, 3.63) is 149 Å². The van der Waals surface area contributed by atoms with E-state index in [1.54, 1.807) is 78.1 Å². The van der Waals surface area contributed by atoms with Gasteiger partial charge in [-0.1, -0.05) is 69.3 Å². The smallest absolute Gasteiger partial charge is 0.417 e. The molecule has 0 spiro atoms. The van der Waals surface area contributed by atoms with Crippen LogP contribution in [0.1, 0.15) is 86.6 Å². The number of aliphatic hydroxyl groups is 1. The van der Waals surface area contributed by atoms with Gasteiger partial charge in [-0.2, -0.15) is 18.4 Å². The topological polar surface area (TPSA) is 177 Å². The highest BCUT2D eigenvalue weighted by atomic mass is 32.1. The van der Waals surface area contributed by atoms with Crippen molar-refractivity contribution in [2.75, 3.05) is 29.6 Å². The molecule has 14 nitrogen and oxygen atoms in total. The molecule has 0 saturated carbocycles. The number of anilines is 2. The Hall–Kier alpha value is -7.66. The number of nitrogens with one attached hydrogen (secondary N) is 2. The van der Waals surface area contributed by atoms with Crippen LogP contribution in [0.2, 0.25) is 0 Å². The van der Waals surface area contributed by atoms with Crippen LogP contribution in [0.4, 0.5) is 24.5 Å². The van der Waals surface area contributed by atoms with Crippen molar-refractivity contribution >= 4 is 63.7 Å². The summed E-state index contributed by atoms with van der Waals surface area (Å²) in [6.07, 6.45) is -4.23. The van der Waals surface area contributed by atoms with E-state index in [1.807, 2.05) is 88.4 Å². The molecule has 19 heteroatoms. The molecule has 0 unspecified atom stereocenters. The number of alkyl halides is 3. The number of thiazole rings is 1. The van der Waals surface area contributed by atoms with Gasteiger partial charge in [0, 0.05) is 30.8 Å². The van der Waals surface area contributed by atoms with Gasteiger partial charge in [-0.3, -0.25) is 24.1 Å². The maximum absolute atomic E-state index is 14.2. The van der Waals surface area contributed by atoms with Crippen molar-refractivity contribution in [3.63, 3.8) is 0 Å². The maximum atomic E-state index is 14.2. The number of benzene rings is 5. The number of amides is 4. The molecular weight excluding hydrogens is 1030 g/mol. The molecule has 8 rings (SSSR count). The van der Waals surface area contributed by atoms with Gasteiger partial charge < -0.3 is 35.0 Å². The van der Waals surface area contributed by atoms with Crippen molar-refractivity contribution in [2.45, 2.75) is 97.3 Å². The van der Waals surface area contributed by atoms with Crippen LogP contribution in [0.25, 0.3) is 21.6 Å². The highest BCUT2D eigenvalue weighted by Crippen LogP contribution is 2.40. The summed E-state index contributed by atoms with van der Waals surface area (Å²) in [4.78, 5) is 64.4. The first-order valence-corrected chi connectivity index (χ1v) is 26.3. The Bertz CT molecular complexity index is 3190. The first-order chi connectivity index (χ1) is 36.5. The lowest BCUT2D eigenvalue weighted by Crippen LogP contribution is -2.57. The number of nitriles is 1. The number of likely N-dealkylation sites (tertiary alicyclic amines) is 1. The fraction of sp³-hybridized carbons (Fsp3) is 0.328. The number of carbonyl (C=O) groups excluding carboxylic acids is 4. The van der Waals surface area contributed by atoms with E-state index in [9.17, 15) is 42.7 Å². The van der Waals surface area contributed by atoms with E-state index in [0.717, 1.165) is 49.9 Å². The third-order valence-electron chi connectivity index (χ3n) is 13.5. The highest BCUT2D eigenvalue weighted by molar-refractivity contribution is 7.81. The number of hydrogen-bond donors (Lipinski definition) is 3. The van der Waals surface area contributed by atoms with E-state index in [2.05, 4.69) is 15.6 Å². The van der Waals surface area contributed by atoms with Crippen LogP contribution < -0.4 is 29.9 Å². The zero-order chi connectivity index (χ0) is 55.4. The van der Waals surface area contributed by atoms with Crippen LogP contribution >= 0.6 is 23.6 Å². The number of ether oxygens (including phenoxy) is 2. The normalized spacial score (nSPS) is 16.8. The summed E-state index contributed by atoms with van der Waals surface area (Å²) in [7, 11) is 0. The first kappa shape index (κ1) is 55.6. The van der Waals surface area contributed by atoms with Gasteiger partial charge in [0.1, 0.15) is 29.1 Å². The Morgan fingerprint density at radius 3 is 2.00 bits per heavy atom. The second-order valence-electron chi connectivity index (χ2n) is 20.5. The molecule has 2 fully saturated rings. The molecule has 0 aliphatic carbocycles. The third kappa shape index (κ3) is 12.5. The molecule has 400 valence electrons. The van der Waals surface area contributed by atoms with Crippen LogP contribution in [-0.2, 0) is 27.1 Å². The number of hydrogen-bond acceptors (Lipinski definition) is 11. The number of aromatic nitrogens is 1. The number of halogens is 3. The van der Waals surface area contributed by atoms with Gasteiger partial charge in [-0.25, -0.2) is 4.98 Å². The van der Waals surface area contributed by atoms with Crippen molar-refractivity contribution < 1.29 is 46.9 Å². The Morgan fingerprint density at radius 1 is 0.870 bits per heavy atom. The Morgan fingerprint density at radius 2 is 1.44 bits per heavy atom. The zero-order valence-electron chi connectivity index (χ0n) is 43.3. The lowest BCUT2D eigenvalue weighted by Gasteiger charge is -2.35. The maximum Gasteiger partial charge on any atom is 0.417 e. The lowest BCUT2D eigenvalue weighted by atomic mass is 9.85. The number of aryl methyl sites for hydroxylation is 1. The molecule has 3 atom stereocenters. The summed E-state index contributed by atoms with van der Waals surface area (Å²) < 4.78 is 53.3. The molecule has 2 saturated heterocycles. The number of unbranched alkanes of at least 4 members (excludes halogenated alkanes) is 1. The Kier molecular flexibility index (Phi) is 16.5. The van der Waals surface area contributed by atoms with Crippen molar-refractivity contribution in [3.8, 4) is 39.1 Å².